The zero-order chi connectivity index (χ0) is 14.5. The fourth-order valence-corrected chi connectivity index (χ4v) is 3.12. The fourth-order valence-electron chi connectivity index (χ4n) is 2.32. The Bertz CT molecular complexity index is 447. The zero-order valence-corrected chi connectivity index (χ0v) is 12.7. The highest BCUT2D eigenvalue weighted by Crippen LogP contribution is 2.24. The van der Waals surface area contributed by atoms with E-state index in [0.717, 1.165) is 23.6 Å². The first-order chi connectivity index (χ1) is 9.60. The first-order valence-electron chi connectivity index (χ1n) is 6.83. The molecule has 1 aromatic carbocycles. The summed E-state index contributed by atoms with van der Waals surface area (Å²) in [7, 11) is 1.64. The summed E-state index contributed by atoms with van der Waals surface area (Å²) in [6, 6.07) is 7.71. The van der Waals surface area contributed by atoms with Gasteiger partial charge in [0.1, 0.15) is 5.75 Å². The minimum Gasteiger partial charge on any atom is -0.497 e. The number of hydrogen-bond acceptors (Lipinski definition) is 4. The molecule has 20 heavy (non-hydrogen) atoms. The van der Waals surface area contributed by atoms with Crippen LogP contribution in [0.15, 0.2) is 29.2 Å². The Balaban J connectivity index is 1.80. The number of carbonyl (C=O) groups excluding carboxylic acids is 1. The van der Waals surface area contributed by atoms with Crippen molar-refractivity contribution in [1.82, 2.24) is 4.90 Å². The molecule has 110 valence electrons. The number of carbonyl (C=O) groups is 1. The summed E-state index contributed by atoms with van der Waals surface area (Å²) in [5.41, 5.74) is 0. The second kappa shape index (κ2) is 6.99. The third kappa shape index (κ3) is 3.90. The highest BCUT2D eigenvalue weighted by atomic mass is 32.2. The molecule has 1 fully saturated rings. The number of ether oxygens (including phenoxy) is 1. The van der Waals surface area contributed by atoms with Gasteiger partial charge in [-0.15, -0.1) is 11.8 Å². The topological polar surface area (TPSA) is 49.8 Å². The Morgan fingerprint density at radius 3 is 2.75 bits per heavy atom. The van der Waals surface area contributed by atoms with E-state index >= 15 is 0 Å². The lowest BCUT2D eigenvalue weighted by Crippen LogP contribution is -2.31. The number of hydrogen-bond donors (Lipinski definition) is 1. The molecule has 0 saturated carbocycles. The SMILES string of the molecule is COc1ccc(SCC(=O)N2CCC(C(C)O)C2)cc1. The molecule has 1 aliphatic rings. The van der Waals surface area contributed by atoms with Crippen LogP contribution in [0.5, 0.6) is 5.75 Å². The molecule has 2 atom stereocenters. The molecule has 1 aromatic rings. The van der Waals surface area contributed by atoms with E-state index in [9.17, 15) is 9.90 Å². The van der Waals surface area contributed by atoms with E-state index in [1.807, 2.05) is 29.2 Å². The van der Waals surface area contributed by atoms with Crippen LogP contribution in [0.2, 0.25) is 0 Å². The molecule has 1 saturated heterocycles. The average molecular weight is 295 g/mol. The lowest BCUT2D eigenvalue weighted by atomic mass is 10.0. The summed E-state index contributed by atoms with van der Waals surface area (Å²) in [6.07, 6.45) is 0.568. The minimum atomic E-state index is -0.331. The van der Waals surface area contributed by atoms with E-state index in [-0.39, 0.29) is 17.9 Å². The lowest BCUT2D eigenvalue weighted by Gasteiger charge is -2.17. The van der Waals surface area contributed by atoms with Crippen molar-refractivity contribution < 1.29 is 14.6 Å². The number of thioether (sulfide) groups is 1. The van der Waals surface area contributed by atoms with Gasteiger partial charge in [0.05, 0.1) is 19.0 Å². The summed E-state index contributed by atoms with van der Waals surface area (Å²) >= 11 is 1.53. The average Bonchev–Trinajstić information content (AvgIpc) is 2.95. The van der Waals surface area contributed by atoms with Crippen molar-refractivity contribution in [2.75, 3.05) is 26.0 Å². The van der Waals surface area contributed by atoms with Crippen LogP contribution in [-0.2, 0) is 4.79 Å². The number of methoxy groups -OCH3 is 1. The fraction of sp³-hybridized carbons (Fsp3) is 0.533. The van der Waals surface area contributed by atoms with E-state index < -0.39 is 0 Å². The molecule has 1 aliphatic heterocycles. The highest BCUT2D eigenvalue weighted by molar-refractivity contribution is 8.00. The first-order valence-corrected chi connectivity index (χ1v) is 7.81. The Kier molecular flexibility index (Phi) is 5.31. The van der Waals surface area contributed by atoms with E-state index in [1.54, 1.807) is 14.0 Å². The second-order valence-corrected chi connectivity index (χ2v) is 6.14. The predicted molar refractivity (Wildman–Crippen MR) is 80.1 cm³/mol. The van der Waals surface area contributed by atoms with Crippen LogP contribution in [-0.4, -0.2) is 48.0 Å². The monoisotopic (exact) mass is 295 g/mol. The summed E-state index contributed by atoms with van der Waals surface area (Å²) in [6.45, 7) is 3.24. The van der Waals surface area contributed by atoms with Crippen molar-refractivity contribution in [3.8, 4) is 5.75 Å². The van der Waals surface area contributed by atoms with Gasteiger partial charge in [-0.2, -0.15) is 0 Å². The normalized spacial score (nSPS) is 19.9. The predicted octanol–water partition coefficient (Wildman–Crippen LogP) is 2.02. The molecule has 0 aromatic heterocycles. The largest absolute Gasteiger partial charge is 0.497 e. The molecule has 0 spiro atoms. The van der Waals surface area contributed by atoms with E-state index in [2.05, 4.69) is 0 Å². The van der Waals surface area contributed by atoms with Gasteiger partial charge in [-0.25, -0.2) is 0 Å². The van der Waals surface area contributed by atoms with Crippen LogP contribution in [0.25, 0.3) is 0 Å². The number of likely N-dealkylation sites (tertiary alicyclic amines) is 1. The number of rotatable bonds is 5. The van der Waals surface area contributed by atoms with Gasteiger partial charge < -0.3 is 14.7 Å². The van der Waals surface area contributed by atoms with Crippen LogP contribution in [0.1, 0.15) is 13.3 Å². The van der Waals surface area contributed by atoms with E-state index in [1.165, 1.54) is 11.8 Å². The van der Waals surface area contributed by atoms with Crippen molar-refractivity contribution in [2.24, 2.45) is 5.92 Å². The number of aliphatic hydroxyl groups excluding tert-OH is 1. The smallest absolute Gasteiger partial charge is 0.232 e. The molecule has 0 radical (unpaired) electrons. The highest BCUT2D eigenvalue weighted by Gasteiger charge is 2.28. The molecule has 4 nitrogen and oxygen atoms in total. The van der Waals surface area contributed by atoms with Gasteiger partial charge >= 0.3 is 0 Å². The Morgan fingerprint density at radius 2 is 2.20 bits per heavy atom. The third-order valence-corrected chi connectivity index (χ3v) is 4.68. The maximum absolute atomic E-state index is 12.1. The lowest BCUT2D eigenvalue weighted by molar-refractivity contribution is -0.127. The Labute approximate surface area is 124 Å². The van der Waals surface area contributed by atoms with Gasteiger partial charge in [0.15, 0.2) is 0 Å². The first kappa shape index (κ1) is 15.2. The molecule has 0 bridgehead atoms. The van der Waals surface area contributed by atoms with Crippen LogP contribution in [0, 0.1) is 5.92 Å². The zero-order valence-electron chi connectivity index (χ0n) is 11.9. The van der Waals surface area contributed by atoms with Crippen molar-refractivity contribution in [3.63, 3.8) is 0 Å². The van der Waals surface area contributed by atoms with E-state index in [0.29, 0.717) is 12.3 Å². The van der Waals surface area contributed by atoms with Crippen LogP contribution < -0.4 is 4.74 Å². The summed E-state index contributed by atoms with van der Waals surface area (Å²) < 4.78 is 5.10. The number of benzene rings is 1. The molecule has 1 amide bonds. The van der Waals surface area contributed by atoms with Gasteiger partial charge in [-0.3, -0.25) is 4.79 Å². The Morgan fingerprint density at radius 1 is 1.50 bits per heavy atom. The number of amides is 1. The van der Waals surface area contributed by atoms with Gasteiger partial charge in [-0.1, -0.05) is 0 Å². The number of aliphatic hydroxyl groups is 1. The van der Waals surface area contributed by atoms with Gasteiger partial charge in [0.2, 0.25) is 5.91 Å². The molecule has 5 heteroatoms. The van der Waals surface area contributed by atoms with E-state index in [4.69, 9.17) is 4.74 Å². The van der Waals surface area contributed by atoms with Gasteiger partial charge in [-0.05, 0) is 37.6 Å². The maximum atomic E-state index is 12.1. The van der Waals surface area contributed by atoms with Crippen molar-refractivity contribution >= 4 is 17.7 Å². The van der Waals surface area contributed by atoms with Gasteiger partial charge in [0.25, 0.3) is 0 Å². The summed E-state index contributed by atoms with van der Waals surface area (Å²) in [5, 5.41) is 9.55. The minimum absolute atomic E-state index is 0.147. The van der Waals surface area contributed by atoms with Crippen molar-refractivity contribution in [3.05, 3.63) is 24.3 Å². The van der Waals surface area contributed by atoms with Crippen LogP contribution in [0.4, 0.5) is 0 Å². The molecule has 2 rings (SSSR count). The standard InChI is InChI=1S/C15H21NO3S/c1-11(17)12-7-8-16(9-12)15(18)10-20-14-5-3-13(19-2)4-6-14/h3-6,11-12,17H,7-10H2,1-2H3. The molecular formula is C15H21NO3S. The maximum Gasteiger partial charge on any atom is 0.232 e. The Hall–Kier alpha value is -1.20. The summed E-state index contributed by atoms with van der Waals surface area (Å²) in [5.74, 6) is 1.64. The molecule has 2 unspecified atom stereocenters. The molecule has 0 aliphatic carbocycles. The second-order valence-electron chi connectivity index (χ2n) is 5.09. The van der Waals surface area contributed by atoms with Crippen molar-refractivity contribution in [2.45, 2.75) is 24.3 Å². The molecule has 1 heterocycles. The molecular weight excluding hydrogens is 274 g/mol. The third-order valence-electron chi connectivity index (χ3n) is 3.68. The van der Waals surface area contributed by atoms with Crippen LogP contribution in [0.3, 0.4) is 0 Å². The molecule has 1 N–H and O–H groups in total. The number of nitrogens with zero attached hydrogens (tertiary/aromatic N) is 1. The summed E-state index contributed by atoms with van der Waals surface area (Å²) in [4.78, 5) is 15.0. The van der Waals surface area contributed by atoms with Crippen molar-refractivity contribution in [1.29, 1.82) is 0 Å². The quantitative estimate of drug-likeness (QED) is 0.844. The van der Waals surface area contributed by atoms with Crippen LogP contribution >= 0.6 is 11.8 Å². The van der Waals surface area contributed by atoms with Gasteiger partial charge in [0, 0.05) is 23.9 Å².